The molecule has 0 unspecified atom stereocenters. The molecule has 2 aromatic heterocycles. The molecule has 2 heterocycles. The van der Waals surface area contributed by atoms with Crippen molar-refractivity contribution >= 4 is 39.9 Å². The molecule has 4 rings (SSSR count). The van der Waals surface area contributed by atoms with Crippen LogP contribution >= 0.6 is 11.6 Å². The maximum absolute atomic E-state index is 13.5. The van der Waals surface area contributed by atoms with Crippen molar-refractivity contribution in [1.82, 2.24) is 15.4 Å². The molecule has 2 aromatic carbocycles. The molecule has 0 bridgehead atoms. The topological polar surface area (TPSA) is 110 Å². The van der Waals surface area contributed by atoms with Crippen LogP contribution in [0.3, 0.4) is 0 Å². The Morgan fingerprint density at radius 1 is 1.24 bits per heavy atom. The molecule has 0 aliphatic carbocycles. The number of hydroxylamine groups is 1. The van der Waals surface area contributed by atoms with Crippen molar-refractivity contribution in [1.29, 1.82) is 0 Å². The van der Waals surface area contributed by atoms with Crippen LogP contribution in [0.1, 0.15) is 12.2 Å². The monoisotopic (exact) mass is 466 g/mol. The molecule has 166 valence electrons. The van der Waals surface area contributed by atoms with Gasteiger partial charge in [0.25, 0.3) is 5.91 Å². The largest absolute Gasteiger partial charge is 0.496 e. The minimum absolute atomic E-state index is 0.0126. The van der Waals surface area contributed by atoms with Crippen LogP contribution in [0.15, 0.2) is 53.2 Å². The molecule has 10 heteroatoms. The Balaban J connectivity index is 1.72. The molecule has 0 aliphatic heterocycles. The van der Waals surface area contributed by atoms with Crippen molar-refractivity contribution < 1.29 is 23.5 Å². The number of rotatable bonds is 5. The van der Waals surface area contributed by atoms with E-state index in [4.69, 9.17) is 26.0 Å². The Morgan fingerprint density at radius 2 is 2.09 bits per heavy atom. The highest BCUT2D eigenvalue weighted by atomic mass is 35.5. The lowest BCUT2D eigenvalue weighted by Gasteiger charge is -2.12. The average molecular weight is 467 g/mol. The Bertz CT molecular complexity index is 1410. The molecule has 8 nitrogen and oxygen atoms in total. The van der Waals surface area contributed by atoms with E-state index in [0.717, 1.165) is 0 Å². The smallest absolute Gasteiger partial charge is 0.255 e. The van der Waals surface area contributed by atoms with E-state index < -0.39 is 11.7 Å². The molecule has 33 heavy (non-hydrogen) atoms. The minimum Gasteiger partial charge on any atom is -0.496 e. The second-order valence-electron chi connectivity index (χ2n) is 6.72. The first kappa shape index (κ1) is 22.1. The van der Waals surface area contributed by atoms with Crippen molar-refractivity contribution in [2.75, 3.05) is 12.4 Å². The average Bonchev–Trinajstić information content (AvgIpc) is 3.29. The van der Waals surface area contributed by atoms with Gasteiger partial charge >= 0.3 is 0 Å². The zero-order valence-corrected chi connectivity index (χ0v) is 17.9. The van der Waals surface area contributed by atoms with Crippen LogP contribution in [-0.2, 0) is 4.79 Å². The number of carbonyl (C=O) groups is 1. The van der Waals surface area contributed by atoms with Gasteiger partial charge in [0.15, 0.2) is 5.76 Å². The van der Waals surface area contributed by atoms with E-state index in [1.807, 2.05) is 0 Å². The lowest BCUT2D eigenvalue weighted by Crippen LogP contribution is -2.16. The number of hydrogen-bond acceptors (Lipinski definition) is 7. The van der Waals surface area contributed by atoms with Gasteiger partial charge in [-0.2, -0.15) is 0 Å². The number of furan rings is 1. The Hall–Kier alpha value is -4.13. The summed E-state index contributed by atoms with van der Waals surface area (Å²) < 4.78 is 24.8. The molecule has 0 aliphatic rings. The number of halogens is 2. The van der Waals surface area contributed by atoms with Gasteiger partial charge in [-0.1, -0.05) is 17.5 Å². The number of amides is 1. The molecular weight excluding hydrogens is 451 g/mol. The maximum atomic E-state index is 13.5. The number of nitrogens with one attached hydrogen (secondary N) is 2. The summed E-state index contributed by atoms with van der Waals surface area (Å²) in [6, 6.07) is 11.2. The van der Waals surface area contributed by atoms with Gasteiger partial charge < -0.3 is 14.5 Å². The zero-order valence-electron chi connectivity index (χ0n) is 17.1. The van der Waals surface area contributed by atoms with Gasteiger partial charge in [0.05, 0.1) is 29.6 Å². The highest BCUT2D eigenvalue weighted by molar-refractivity contribution is 6.31. The van der Waals surface area contributed by atoms with Gasteiger partial charge in [-0.25, -0.2) is 19.8 Å². The molecule has 0 fully saturated rings. The third-order valence-corrected chi connectivity index (χ3v) is 4.89. The molecule has 1 amide bonds. The molecule has 3 N–H and O–H groups in total. The minimum atomic E-state index is -0.618. The molecule has 0 radical (unpaired) electrons. The van der Waals surface area contributed by atoms with E-state index >= 15 is 0 Å². The van der Waals surface area contributed by atoms with Gasteiger partial charge in [-0.3, -0.25) is 10.0 Å². The van der Waals surface area contributed by atoms with Crippen LogP contribution in [-0.4, -0.2) is 28.2 Å². The molecule has 0 spiro atoms. The van der Waals surface area contributed by atoms with E-state index in [2.05, 4.69) is 27.1 Å². The van der Waals surface area contributed by atoms with Gasteiger partial charge in [-0.15, -0.1) is 0 Å². The van der Waals surface area contributed by atoms with Crippen LogP contribution in [0.5, 0.6) is 5.75 Å². The standard InChI is InChI=1S/C23H16ClFN4O4/c1-32-21-11-19-15(23(27-12-26-19)28-13-5-7-18(25)17(24)9-13)10-16(21)20-8-6-14(33-20)3-2-4-22(30)29-31/h5-12,31H,4H2,1H3,(H,29,30)(H,26,27,28). The van der Waals surface area contributed by atoms with Crippen molar-refractivity contribution in [3.63, 3.8) is 0 Å². The van der Waals surface area contributed by atoms with Gasteiger partial charge in [0, 0.05) is 17.1 Å². The van der Waals surface area contributed by atoms with Gasteiger partial charge in [-0.05, 0) is 42.3 Å². The van der Waals surface area contributed by atoms with Crippen molar-refractivity contribution in [3.05, 3.63) is 65.4 Å². The summed E-state index contributed by atoms with van der Waals surface area (Å²) in [7, 11) is 1.53. The predicted molar refractivity (Wildman–Crippen MR) is 120 cm³/mol. The molecule has 0 saturated carbocycles. The SMILES string of the molecule is COc1cc2ncnc(Nc3ccc(F)c(Cl)c3)c2cc1-c1ccc(C#CCC(=O)NO)o1. The van der Waals surface area contributed by atoms with Crippen molar-refractivity contribution in [3.8, 4) is 28.9 Å². The first-order valence-corrected chi connectivity index (χ1v) is 9.93. The number of fused-ring (bicyclic) bond motifs is 1. The fourth-order valence-electron chi connectivity index (χ4n) is 3.06. The summed E-state index contributed by atoms with van der Waals surface area (Å²) in [6.45, 7) is 0. The van der Waals surface area contributed by atoms with E-state index in [-0.39, 0.29) is 11.4 Å². The fourth-order valence-corrected chi connectivity index (χ4v) is 3.24. The van der Waals surface area contributed by atoms with Gasteiger partial charge in [0.1, 0.15) is 29.5 Å². The highest BCUT2D eigenvalue weighted by Crippen LogP contribution is 2.37. The molecule has 0 atom stereocenters. The first-order valence-electron chi connectivity index (χ1n) is 9.55. The summed E-state index contributed by atoms with van der Waals surface area (Å²) in [4.78, 5) is 19.7. The lowest BCUT2D eigenvalue weighted by atomic mass is 10.1. The number of benzene rings is 2. The normalized spacial score (nSPS) is 10.4. The Morgan fingerprint density at radius 3 is 2.85 bits per heavy atom. The number of anilines is 2. The van der Waals surface area contributed by atoms with Crippen molar-refractivity contribution in [2.24, 2.45) is 0 Å². The third kappa shape index (κ3) is 4.87. The zero-order chi connectivity index (χ0) is 23.4. The number of carbonyl (C=O) groups excluding carboxylic acids is 1. The number of methoxy groups -OCH3 is 1. The summed E-state index contributed by atoms with van der Waals surface area (Å²) in [5.41, 5.74) is 3.31. The lowest BCUT2D eigenvalue weighted by molar-refractivity contribution is -0.128. The number of aromatic nitrogens is 2. The molecule has 4 aromatic rings. The van der Waals surface area contributed by atoms with E-state index in [1.165, 1.54) is 31.0 Å². The highest BCUT2D eigenvalue weighted by Gasteiger charge is 2.15. The van der Waals surface area contributed by atoms with Crippen LogP contribution in [0.25, 0.3) is 22.2 Å². The number of hydrogen-bond donors (Lipinski definition) is 3. The second kappa shape index (κ2) is 9.56. The predicted octanol–water partition coefficient (Wildman–Crippen LogP) is 4.68. The van der Waals surface area contributed by atoms with Crippen LogP contribution in [0, 0.1) is 17.7 Å². The van der Waals surface area contributed by atoms with Gasteiger partial charge in [0.2, 0.25) is 0 Å². The van der Waals surface area contributed by atoms with Crippen molar-refractivity contribution in [2.45, 2.75) is 6.42 Å². The summed E-state index contributed by atoms with van der Waals surface area (Å²) >= 11 is 5.88. The maximum Gasteiger partial charge on any atom is 0.255 e. The summed E-state index contributed by atoms with van der Waals surface area (Å²) in [5, 5.41) is 12.3. The fraction of sp³-hybridized carbons (Fsp3) is 0.0870. The van der Waals surface area contributed by atoms with E-state index in [1.54, 1.807) is 30.3 Å². The Labute approximate surface area is 192 Å². The van der Waals surface area contributed by atoms with Crippen LogP contribution in [0.4, 0.5) is 15.9 Å². The summed E-state index contributed by atoms with van der Waals surface area (Å²) in [5.74, 6) is 6.00. The van der Waals surface area contributed by atoms with Crippen LogP contribution in [0.2, 0.25) is 5.02 Å². The van der Waals surface area contributed by atoms with E-state index in [9.17, 15) is 9.18 Å². The van der Waals surface area contributed by atoms with Crippen LogP contribution < -0.4 is 15.5 Å². The Kier molecular flexibility index (Phi) is 6.40. The first-order chi connectivity index (χ1) is 16.0. The third-order valence-electron chi connectivity index (χ3n) is 4.60. The van der Waals surface area contributed by atoms with E-state index in [0.29, 0.717) is 45.2 Å². The molecule has 0 saturated heterocycles. The quantitative estimate of drug-likeness (QED) is 0.222. The second-order valence-corrected chi connectivity index (χ2v) is 7.13. The number of nitrogens with zero attached hydrogens (tertiary/aromatic N) is 2. The summed E-state index contributed by atoms with van der Waals surface area (Å²) in [6.07, 6.45) is 1.23. The number of ether oxygens (including phenoxy) is 1. The molecular formula is C23H16ClFN4O4.